The zero-order chi connectivity index (χ0) is 42.5. The Hall–Kier alpha value is -5.07. The van der Waals surface area contributed by atoms with Crippen molar-refractivity contribution in [2.24, 2.45) is 11.8 Å². The molecule has 6 atom stereocenters. The third kappa shape index (κ3) is 10.2. The normalized spacial score (nSPS) is 21.7. The predicted octanol–water partition coefficient (Wildman–Crippen LogP) is 8.68. The molecule has 4 aliphatic rings. The molecule has 328 valence electrons. The molecule has 4 heterocycles. The molecule has 8 rings (SSSR count). The Bertz CT molecular complexity index is 2090. The number of ether oxygens (including phenoxy) is 2. The van der Waals surface area contributed by atoms with E-state index < -0.39 is 24.3 Å². The number of amides is 4. The molecule has 2 unspecified atom stereocenters. The Morgan fingerprint density at radius 3 is 1.77 bits per heavy atom. The maximum atomic E-state index is 13.3. The molecule has 61 heavy (non-hydrogen) atoms. The van der Waals surface area contributed by atoms with E-state index in [1.54, 1.807) is 0 Å². The number of carbonyl (C=O) groups excluding carboxylic acids is 4. The molecule has 4 N–H and O–H groups in total. The first kappa shape index (κ1) is 45.5. The van der Waals surface area contributed by atoms with Gasteiger partial charge in [-0.05, 0) is 105 Å². The standard InChI is InChI=1S/C24H31N3O3.C23H30N4O3.Fe/c1-15(2)22(26-24(29)30-3)23(28)27-12-6-9-21(27)20-14-18-13-17(10-11-19(18)25-20)16-7-4-5-8-16;1-14(2)20(26-23(29)30-3)22(28)27-12-6-9-19(27)21-24-17-11-10-16(13-18(17)25-21)15-7-4-5-8-15;/h4,7,10-11,13-16,21-22,25H,5-6,8-9,12H2,1-3H3,(H,26,29);4,7,10-11,13-15,19-20H,5-6,8-9,12H2,1-3H3,(H,24,25)(H,26,29);/t16?,21-,22-;15?,19-,20-;/m00./s1. The van der Waals surface area contributed by atoms with Crippen LogP contribution in [0.2, 0.25) is 0 Å². The molecule has 0 saturated carbocycles. The smallest absolute Gasteiger partial charge is 0.407 e. The number of likely N-dealkylation sites (tertiary alicyclic amines) is 2. The van der Waals surface area contributed by atoms with Crippen LogP contribution in [0.15, 0.2) is 66.8 Å². The fourth-order valence-electron chi connectivity index (χ4n) is 9.26. The van der Waals surface area contributed by atoms with E-state index in [4.69, 9.17) is 14.5 Å². The molecule has 0 spiro atoms. The Morgan fingerprint density at radius 1 is 0.689 bits per heavy atom. The number of aromatic nitrogens is 3. The quantitative estimate of drug-likeness (QED) is 0.0916. The Balaban J connectivity index is 0.000000201. The first-order valence-electron chi connectivity index (χ1n) is 21.7. The minimum Gasteiger partial charge on any atom is -0.453 e. The van der Waals surface area contributed by atoms with Crippen LogP contribution >= 0.6 is 0 Å². The summed E-state index contributed by atoms with van der Waals surface area (Å²) in [6, 6.07) is 13.9. The zero-order valence-corrected chi connectivity index (χ0v) is 37.3. The number of carbonyl (C=O) groups is 4. The van der Waals surface area contributed by atoms with Gasteiger partial charge >= 0.3 is 12.2 Å². The van der Waals surface area contributed by atoms with Gasteiger partial charge in [-0.25, -0.2) is 14.6 Å². The van der Waals surface area contributed by atoms with Crippen molar-refractivity contribution in [3.8, 4) is 0 Å². The number of nitrogens with one attached hydrogen (secondary N) is 4. The van der Waals surface area contributed by atoms with Gasteiger partial charge in [0.05, 0.1) is 37.3 Å². The van der Waals surface area contributed by atoms with E-state index in [9.17, 15) is 19.2 Å². The zero-order valence-electron chi connectivity index (χ0n) is 36.2. The second-order valence-electron chi connectivity index (χ2n) is 17.3. The van der Waals surface area contributed by atoms with Crippen molar-refractivity contribution >= 4 is 45.9 Å². The molecule has 14 heteroatoms. The molecule has 13 nitrogen and oxygen atoms in total. The number of aromatic amines is 2. The molecular weight excluding hydrogens is 814 g/mol. The Morgan fingerprint density at radius 2 is 1.23 bits per heavy atom. The van der Waals surface area contributed by atoms with Crippen LogP contribution in [0.5, 0.6) is 0 Å². The van der Waals surface area contributed by atoms with Crippen LogP contribution in [0, 0.1) is 11.8 Å². The van der Waals surface area contributed by atoms with Gasteiger partial charge < -0.3 is 39.9 Å². The number of H-pyrrole nitrogens is 2. The summed E-state index contributed by atoms with van der Waals surface area (Å²) >= 11 is 0. The molecule has 2 fully saturated rings. The molecule has 0 radical (unpaired) electrons. The van der Waals surface area contributed by atoms with Gasteiger partial charge in [-0.2, -0.15) is 0 Å². The number of alkyl carbamates (subject to hydrolysis) is 2. The molecule has 2 aromatic heterocycles. The van der Waals surface area contributed by atoms with Gasteiger partial charge in [0, 0.05) is 58.6 Å². The molecule has 2 saturated heterocycles. The van der Waals surface area contributed by atoms with Crippen molar-refractivity contribution in [2.75, 3.05) is 27.3 Å². The van der Waals surface area contributed by atoms with Crippen molar-refractivity contribution < 1.29 is 45.7 Å². The maximum Gasteiger partial charge on any atom is 0.407 e. The molecule has 4 amide bonds. The summed E-state index contributed by atoms with van der Waals surface area (Å²) in [5, 5.41) is 6.59. The second kappa shape index (κ2) is 20.2. The van der Waals surface area contributed by atoms with Gasteiger partial charge in [0.25, 0.3) is 0 Å². The van der Waals surface area contributed by atoms with Crippen LogP contribution in [0.4, 0.5) is 9.59 Å². The number of imidazole rings is 1. The summed E-state index contributed by atoms with van der Waals surface area (Å²) in [7, 11) is 2.62. The second-order valence-corrected chi connectivity index (χ2v) is 17.3. The molecular formula is C47H61FeN7O6. The van der Waals surface area contributed by atoms with Gasteiger partial charge in [-0.1, -0.05) is 64.1 Å². The van der Waals surface area contributed by atoms with E-state index in [2.05, 4.69) is 87.4 Å². The Kier molecular flexibility index (Phi) is 15.1. The third-order valence-corrected chi connectivity index (χ3v) is 12.6. The minimum atomic E-state index is -0.622. The average Bonchev–Trinajstić information content (AvgIpc) is 4.10. The van der Waals surface area contributed by atoms with Crippen molar-refractivity contribution in [1.29, 1.82) is 0 Å². The Labute approximate surface area is 369 Å². The molecule has 2 aliphatic carbocycles. The van der Waals surface area contributed by atoms with Crippen molar-refractivity contribution in [3.05, 3.63) is 89.4 Å². The van der Waals surface area contributed by atoms with E-state index >= 15 is 0 Å². The number of fused-ring (bicyclic) bond motifs is 2. The van der Waals surface area contributed by atoms with Gasteiger partial charge in [0.15, 0.2) is 0 Å². The molecule has 2 aliphatic heterocycles. The van der Waals surface area contributed by atoms with Gasteiger partial charge in [0.2, 0.25) is 11.8 Å². The fraction of sp³-hybridized carbons (Fsp3) is 0.511. The summed E-state index contributed by atoms with van der Waals surface area (Å²) in [6.07, 6.45) is 16.2. The number of rotatable bonds is 10. The largest absolute Gasteiger partial charge is 0.453 e. The number of nitrogens with zero attached hydrogens (tertiary/aromatic N) is 3. The van der Waals surface area contributed by atoms with E-state index in [0.29, 0.717) is 24.9 Å². The van der Waals surface area contributed by atoms with E-state index in [-0.39, 0.29) is 52.8 Å². The van der Waals surface area contributed by atoms with E-state index in [0.717, 1.165) is 73.0 Å². The summed E-state index contributed by atoms with van der Waals surface area (Å²) in [5.41, 5.74) is 6.74. The predicted molar refractivity (Wildman–Crippen MR) is 232 cm³/mol. The summed E-state index contributed by atoms with van der Waals surface area (Å²) in [6.45, 7) is 9.07. The maximum absolute atomic E-state index is 13.3. The summed E-state index contributed by atoms with van der Waals surface area (Å²) < 4.78 is 9.42. The number of methoxy groups -OCH3 is 2. The molecule has 2 aromatic carbocycles. The fourth-order valence-corrected chi connectivity index (χ4v) is 9.26. The number of hydrogen-bond donors (Lipinski definition) is 4. The number of hydrogen-bond acceptors (Lipinski definition) is 7. The molecule has 4 aromatic rings. The van der Waals surface area contributed by atoms with Crippen LogP contribution in [0.1, 0.15) is 126 Å². The monoisotopic (exact) mass is 875 g/mol. The number of allylic oxidation sites excluding steroid dienone is 4. The minimum absolute atomic E-state index is 0. The third-order valence-electron chi connectivity index (χ3n) is 12.6. The first-order chi connectivity index (χ1) is 28.9. The van der Waals surface area contributed by atoms with Crippen LogP contribution in [0.25, 0.3) is 21.9 Å². The van der Waals surface area contributed by atoms with Crippen molar-refractivity contribution in [1.82, 2.24) is 35.4 Å². The number of benzene rings is 2. The van der Waals surface area contributed by atoms with E-state index in [1.165, 1.54) is 37.2 Å². The van der Waals surface area contributed by atoms with Gasteiger partial charge in [-0.3, -0.25) is 9.59 Å². The van der Waals surface area contributed by atoms with Gasteiger partial charge in [0.1, 0.15) is 17.9 Å². The summed E-state index contributed by atoms with van der Waals surface area (Å²) in [5.74, 6) is 1.59. The van der Waals surface area contributed by atoms with E-state index in [1.807, 2.05) is 37.5 Å². The average molecular weight is 876 g/mol. The summed E-state index contributed by atoms with van der Waals surface area (Å²) in [4.78, 5) is 65.6. The van der Waals surface area contributed by atoms with Crippen molar-refractivity contribution in [3.63, 3.8) is 0 Å². The SMILES string of the molecule is COC(=O)N[C@H](C(=O)N1CCC[C@H]1c1cc2cc(C3C=CCC3)ccc2[nH]1)C(C)C.COC(=O)N[C@H](C(=O)N1CCC[C@H]1c1nc2ccc(C3C=CCC3)cc2[nH]1)C(C)C.[Fe]. The van der Waals surface area contributed by atoms with Crippen LogP contribution in [-0.2, 0) is 36.1 Å². The van der Waals surface area contributed by atoms with Crippen LogP contribution in [-0.4, -0.2) is 88.1 Å². The first-order valence-corrected chi connectivity index (χ1v) is 21.7. The topological polar surface area (TPSA) is 162 Å². The van der Waals surface area contributed by atoms with Gasteiger partial charge in [-0.15, -0.1) is 0 Å². The van der Waals surface area contributed by atoms with Crippen molar-refractivity contribution in [2.45, 2.75) is 115 Å². The van der Waals surface area contributed by atoms with Crippen LogP contribution < -0.4 is 10.6 Å². The molecule has 0 bridgehead atoms. The van der Waals surface area contributed by atoms with Crippen LogP contribution in [0.3, 0.4) is 0 Å².